The summed E-state index contributed by atoms with van der Waals surface area (Å²) < 4.78 is 5.71. The molecule has 1 heterocycles. The van der Waals surface area contributed by atoms with E-state index in [9.17, 15) is 20.1 Å². The molecule has 0 saturated carbocycles. The van der Waals surface area contributed by atoms with Gasteiger partial charge in [0, 0.05) is 12.5 Å². The molecule has 5 heteroatoms. The normalized spacial score (nSPS) is 15.7. The van der Waals surface area contributed by atoms with Gasteiger partial charge >= 0.3 is 0 Å². The van der Waals surface area contributed by atoms with E-state index in [1.807, 2.05) is 26.0 Å². The van der Waals surface area contributed by atoms with E-state index in [2.05, 4.69) is 0 Å². The zero-order valence-corrected chi connectivity index (χ0v) is 17.8. The van der Waals surface area contributed by atoms with Crippen LogP contribution in [0.1, 0.15) is 54.7 Å². The van der Waals surface area contributed by atoms with E-state index in [1.165, 1.54) is 12.1 Å². The molecule has 1 unspecified atom stereocenters. The van der Waals surface area contributed by atoms with Gasteiger partial charge in [-0.05, 0) is 75.1 Å². The topological polar surface area (TPSA) is 87.0 Å². The maximum Gasteiger partial charge on any atom is 0.189 e. The number of carbonyl (C=O) groups excluding carboxylic acids is 1. The standard InChI is InChI=1S/C25H28O5/c1-15(2)5-8-17-11-16(6-9-20(17)26)7-10-21(27)19-12-18-13-24(25(3,4)29)30-23(18)14-22(19)28/h5-7,9-12,14,24,26,28-29H,8,13H2,1-4H3/b10-7+. The molecular weight excluding hydrogens is 380 g/mol. The van der Waals surface area contributed by atoms with Gasteiger partial charge in [0.15, 0.2) is 5.78 Å². The Morgan fingerprint density at radius 1 is 1.17 bits per heavy atom. The number of hydrogen-bond acceptors (Lipinski definition) is 5. The highest BCUT2D eigenvalue weighted by molar-refractivity contribution is 6.08. The summed E-state index contributed by atoms with van der Waals surface area (Å²) in [5.41, 5.74) is 2.67. The van der Waals surface area contributed by atoms with E-state index in [0.717, 1.165) is 22.3 Å². The second-order valence-electron chi connectivity index (χ2n) is 8.51. The molecule has 5 nitrogen and oxygen atoms in total. The number of aromatic hydroxyl groups is 2. The van der Waals surface area contributed by atoms with Crippen LogP contribution >= 0.6 is 0 Å². The SMILES string of the molecule is CC(C)=CCc1cc(/C=C/C(=O)c2cc3c(cc2O)OC(C(C)(C)O)C3)ccc1O. The molecule has 158 valence electrons. The van der Waals surface area contributed by atoms with Crippen LogP contribution in [0.4, 0.5) is 0 Å². The number of ether oxygens (including phenoxy) is 1. The number of ketones is 1. The van der Waals surface area contributed by atoms with Crippen LogP contribution in [-0.2, 0) is 12.8 Å². The molecule has 2 aromatic rings. The maximum atomic E-state index is 12.7. The molecule has 0 radical (unpaired) electrons. The third kappa shape index (κ3) is 4.92. The Hall–Kier alpha value is -3.05. The smallest absolute Gasteiger partial charge is 0.189 e. The lowest BCUT2D eigenvalue weighted by molar-refractivity contribution is -0.0230. The van der Waals surface area contributed by atoms with E-state index < -0.39 is 11.7 Å². The minimum Gasteiger partial charge on any atom is -0.508 e. The van der Waals surface area contributed by atoms with Crippen LogP contribution in [0.15, 0.2) is 48.1 Å². The van der Waals surface area contributed by atoms with Crippen LogP contribution in [-0.4, -0.2) is 32.8 Å². The molecule has 0 bridgehead atoms. The molecule has 0 aliphatic carbocycles. The highest BCUT2D eigenvalue weighted by atomic mass is 16.5. The van der Waals surface area contributed by atoms with E-state index in [0.29, 0.717) is 18.6 Å². The Morgan fingerprint density at radius 2 is 1.90 bits per heavy atom. The third-order valence-corrected chi connectivity index (χ3v) is 5.17. The van der Waals surface area contributed by atoms with Gasteiger partial charge in [-0.1, -0.05) is 23.8 Å². The molecule has 0 saturated heterocycles. The van der Waals surface area contributed by atoms with Crippen molar-refractivity contribution in [1.29, 1.82) is 0 Å². The van der Waals surface area contributed by atoms with Crippen molar-refractivity contribution < 1.29 is 24.9 Å². The van der Waals surface area contributed by atoms with E-state index >= 15 is 0 Å². The summed E-state index contributed by atoms with van der Waals surface area (Å²) in [4.78, 5) is 12.7. The fourth-order valence-electron chi connectivity index (χ4n) is 3.32. The number of hydrogen-bond donors (Lipinski definition) is 3. The average molecular weight is 408 g/mol. The van der Waals surface area contributed by atoms with Gasteiger partial charge in [-0.2, -0.15) is 0 Å². The quantitative estimate of drug-likeness (QED) is 0.370. The van der Waals surface area contributed by atoms with Crippen LogP contribution in [0.5, 0.6) is 17.2 Å². The molecule has 1 aliphatic rings. The molecule has 0 fully saturated rings. The van der Waals surface area contributed by atoms with E-state index in [-0.39, 0.29) is 22.8 Å². The largest absolute Gasteiger partial charge is 0.508 e. The Labute approximate surface area is 177 Å². The summed E-state index contributed by atoms with van der Waals surface area (Å²) in [7, 11) is 0. The van der Waals surface area contributed by atoms with Crippen molar-refractivity contribution in [2.45, 2.75) is 52.2 Å². The predicted octanol–water partition coefficient (Wildman–Crippen LogP) is 4.58. The van der Waals surface area contributed by atoms with Gasteiger partial charge in [0.1, 0.15) is 23.4 Å². The molecule has 2 aromatic carbocycles. The van der Waals surface area contributed by atoms with Crippen LogP contribution in [0.2, 0.25) is 0 Å². The summed E-state index contributed by atoms with van der Waals surface area (Å²) in [5.74, 6) is 0.215. The Bertz CT molecular complexity index is 1020. The summed E-state index contributed by atoms with van der Waals surface area (Å²) in [5, 5.41) is 30.5. The van der Waals surface area contributed by atoms with Crippen LogP contribution in [0, 0.1) is 0 Å². The first kappa shape index (κ1) is 21.7. The molecule has 1 aliphatic heterocycles. The minimum atomic E-state index is -1.03. The Kier molecular flexibility index (Phi) is 6.04. The number of rotatable bonds is 6. The van der Waals surface area contributed by atoms with Crippen molar-refractivity contribution in [2.24, 2.45) is 0 Å². The lowest BCUT2D eigenvalue weighted by Gasteiger charge is -2.24. The fraction of sp³-hybridized carbons (Fsp3) is 0.320. The summed E-state index contributed by atoms with van der Waals surface area (Å²) in [6.07, 6.45) is 5.74. The zero-order valence-electron chi connectivity index (χ0n) is 17.8. The van der Waals surface area contributed by atoms with Gasteiger partial charge in [0.2, 0.25) is 0 Å². The highest BCUT2D eigenvalue weighted by Crippen LogP contribution is 2.37. The van der Waals surface area contributed by atoms with Gasteiger partial charge in [0.25, 0.3) is 0 Å². The second kappa shape index (κ2) is 8.36. The third-order valence-electron chi connectivity index (χ3n) is 5.17. The van der Waals surface area contributed by atoms with Gasteiger partial charge in [-0.15, -0.1) is 0 Å². The van der Waals surface area contributed by atoms with Gasteiger partial charge < -0.3 is 20.1 Å². The van der Waals surface area contributed by atoms with Crippen LogP contribution in [0.25, 0.3) is 6.08 Å². The maximum absolute atomic E-state index is 12.7. The van der Waals surface area contributed by atoms with Gasteiger partial charge in [-0.3, -0.25) is 4.79 Å². The second-order valence-corrected chi connectivity index (χ2v) is 8.51. The number of aliphatic hydroxyl groups is 1. The number of fused-ring (bicyclic) bond motifs is 1. The molecule has 30 heavy (non-hydrogen) atoms. The number of phenolic OH excluding ortho intramolecular Hbond substituents is 2. The molecule has 0 amide bonds. The summed E-state index contributed by atoms with van der Waals surface area (Å²) in [6, 6.07) is 8.23. The summed E-state index contributed by atoms with van der Waals surface area (Å²) >= 11 is 0. The van der Waals surface area contributed by atoms with Crippen molar-refractivity contribution in [3.8, 4) is 17.2 Å². The highest BCUT2D eigenvalue weighted by Gasteiger charge is 2.35. The first-order chi connectivity index (χ1) is 14.0. The monoisotopic (exact) mass is 408 g/mol. The van der Waals surface area contributed by atoms with Crippen molar-refractivity contribution in [3.05, 3.63) is 70.3 Å². The van der Waals surface area contributed by atoms with Crippen molar-refractivity contribution in [3.63, 3.8) is 0 Å². The zero-order chi connectivity index (χ0) is 22.1. The molecule has 0 aromatic heterocycles. The summed E-state index contributed by atoms with van der Waals surface area (Å²) in [6.45, 7) is 7.33. The average Bonchev–Trinajstić information content (AvgIpc) is 3.08. The van der Waals surface area contributed by atoms with E-state index in [1.54, 1.807) is 38.1 Å². The molecule has 3 rings (SSSR count). The van der Waals surface area contributed by atoms with E-state index in [4.69, 9.17) is 4.74 Å². The lowest BCUT2D eigenvalue weighted by Crippen LogP contribution is -2.39. The van der Waals surface area contributed by atoms with Crippen molar-refractivity contribution >= 4 is 11.9 Å². The predicted molar refractivity (Wildman–Crippen MR) is 117 cm³/mol. The number of phenols is 2. The van der Waals surface area contributed by atoms with Gasteiger partial charge in [0.05, 0.1) is 11.2 Å². The van der Waals surface area contributed by atoms with Crippen LogP contribution < -0.4 is 4.74 Å². The molecule has 3 N–H and O–H groups in total. The number of allylic oxidation sites excluding steroid dienone is 3. The van der Waals surface area contributed by atoms with Crippen molar-refractivity contribution in [1.82, 2.24) is 0 Å². The number of benzene rings is 2. The molecular formula is C25H28O5. The minimum absolute atomic E-state index is 0.158. The Morgan fingerprint density at radius 3 is 2.57 bits per heavy atom. The lowest BCUT2D eigenvalue weighted by atomic mass is 9.96. The fourth-order valence-corrected chi connectivity index (χ4v) is 3.32. The van der Waals surface area contributed by atoms with Crippen LogP contribution in [0.3, 0.4) is 0 Å². The first-order valence-corrected chi connectivity index (χ1v) is 9.97. The Balaban J connectivity index is 1.80. The number of carbonyl (C=O) groups is 1. The molecule has 1 atom stereocenters. The van der Waals surface area contributed by atoms with Crippen molar-refractivity contribution in [2.75, 3.05) is 0 Å². The van der Waals surface area contributed by atoms with Gasteiger partial charge in [-0.25, -0.2) is 0 Å². The first-order valence-electron chi connectivity index (χ1n) is 9.97. The molecule has 0 spiro atoms.